The van der Waals surface area contributed by atoms with Gasteiger partial charge >= 0.3 is 0 Å². The average Bonchev–Trinajstić information content (AvgIpc) is 2.02. The minimum atomic E-state index is -0.0391. The number of rotatable bonds is 0. The highest BCUT2D eigenvalue weighted by atomic mass is 16.3. The first kappa shape index (κ1) is 7.80. The van der Waals surface area contributed by atoms with Crippen LogP contribution in [0.2, 0.25) is 0 Å². The summed E-state index contributed by atoms with van der Waals surface area (Å²) in [7, 11) is 0. The highest BCUT2D eigenvalue weighted by molar-refractivity contribution is 4.83. The predicted molar refractivity (Wildman–Crippen MR) is 42.8 cm³/mol. The summed E-state index contributed by atoms with van der Waals surface area (Å²) in [5.41, 5.74) is 0. The number of aliphatic hydroxyl groups is 1. The van der Waals surface area contributed by atoms with Gasteiger partial charge in [0.2, 0.25) is 0 Å². The highest BCUT2D eigenvalue weighted by Gasteiger charge is 2.02. The van der Waals surface area contributed by atoms with E-state index in [4.69, 9.17) is 0 Å². The van der Waals surface area contributed by atoms with Crippen LogP contribution in [-0.4, -0.2) is 11.2 Å². The van der Waals surface area contributed by atoms with Crippen molar-refractivity contribution in [1.29, 1.82) is 0 Å². The Labute approximate surface area is 62.8 Å². The first-order valence-corrected chi connectivity index (χ1v) is 4.22. The van der Waals surface area contributed by atoms with Crippen LogP contribution in [0.25, 0.3) is 0 Å². The van der Waals surface area contributed by atoms with E-state index < -0.39 is 0 Å². The minimum Gasteiger partial charge on any atom is -0.393 e. The van der Waals surface area contributed by atoms with Gasteiger partial charge in [0.25, 0.3) is 0 Å². The van der Waals surface area contributed by atoms with Crippen molar-refractivity contribution in [1.82, 2.24) is 0 Å². The fourth-order valence-electron chi connectivity index (χ4n) is 1.31. The number of hydrogen-bond donors (Lipinski definition) is 1. The van der Waals surface area contributed by atoms with E-state index in [9.17, 15) is 5.11 Å². The molecule has 1 unspecified atom stereocenters. The third-order valence-corrected chi connectivity index (χ3v) is 1.99. The van der Waals surface area contributed by atoms with Gasteiger partial charge in [-0.05, 0) is 32.1 Å². The van der Waals surface area contributed by atoms with Crippen molar-refractivity contribution in [3.63, 3.8) is 0 Å². The van der Waals surface area contributed by atoms with Gasteiger partial charge < -0.3 is 5.11 Å². The second-order valence-electron chi connectivity index (χ2n) is 2.99. The third kappa shape index (κ3) is 3.02. The topological polar surface area (TPSA) is 20.2 Å². The van der Waals surface area contributed by atoms with E-state index in [2.05, 4.69) is 12.2 Å². The number of allylic oxidation sites excluding steroid dienone is 2. The maximum absolute atomic E-state index is 9.31. The second-order valence-corrected chi connectivity index (χ2v) is 2.99. The quantitative estimate of drug-likeness (QED) is 0.512. The van der Waals surface area contributed by atoms with Crippen molar-refractivity contribution in [3.8, 4) is 0 Å². The van der Waals surface area contributed by atoms with Gasteiger partial charge in [0.1, 0.15) is 0 Å². The zero-order valence-electron chi connectivity index (χ0n) is 6.42. The molecule has 1 aliphatic carbocycles. The normalized spacial score (nSPS) is 28.7. The standard InChI is InChI=1S/C9H16O/c10-9-7-5-3-1-2-4-6-8-9/h1,3,9-10H,2,4-8H2. The fraction of sp³-hybridized carbons (Fsp3) is 0.778. The lowest BCUT2D eigenvalue weighted by atomic mass is 10.1. The van der Waals surface area contributed by atoms with Crippen LogP contribution in [0.15, 0.2) is 12.2 Å². The predicted octanol–water partition coefficient (Wildman–Crippen LogP) is 2.26. The highest BCUT2D eigenvalue weighted by Crippen LogP contribution is 2.11. The largest absolute Gasteiger partial charge is 0.393 e. The molecule has 58 valence electrons. The number of aliphatic hydroxyl groups excluding tert-OH is 1. The molecule has 0 fully saturated rings. The summed E-state index contributed by atoms with van der Waals surface area (Å²) in [5.74, 6) is 0. The molecule has 0 aromatic carbocycles. The minimum absolute atomic E-state index is 0.0391. The Balaban J connectivity index is 2.25. The molecule has 0 bridgehead atoms. The Hall–Kier alpha value is -0.300. The molecule has 1 atom stereocenters. The van der Waals surface area contributed by atoms with E-state index in [0.29, 0.717) is 0 Å². The molecule has 0 saturated carbocycles. The summed E-state index contributed by atoms with van der Waals surface area (Å²) in [6.07, 6.45) is 11.0. The van der Waals surface area contributed by atoms with Crippen molar-refractivity contribution < 1.29 is 5.11 Å². The van der Waals surface area contributed by atoms with E-state index in [-0.39, 0.29) is 6.10 Å². The van der Waals surface area contributed by atoms with Gasteiger partial charge in [-0.25, -0.2) is 0 Å². The van der Waals surface area contributed by atoms with Gasteiger partial charge in [-0.1, -0.05) is 18.6 Å². The summed E-state index contributed by atoms with van der Waals surface area (Å²) in [6, 6.07) is 0. The SMILES string of the molecule is OC1CCC=CCCCC1. The van der Waals surface area contributed by atoms with Crippen LogP contribution < -0.4 is 0 Å². The molecule has 0 aliphatic heterocycles. The van der Waals surface area contributed by atoms with Crippen molar-refractivity contribution in [2.24, 2.45) is 0 Å². The zero-order chi connectivity index (χ0) is 7.23. The summed E-state index contributed by atoms with van der Waals surface area (Å²) in [5, 5.41) is 9.31. The Morgan fingerprint density at radius 1 is 1.00 bits per heavy atom. The molecule has 1 heteroatoms. The lowest BCUT2D eigenvalue weighted by Crippen LogP contribution is -2.04. The van der Waals surface area contributed by atoms with E-state index in [1.54, 1.807) is 0 Å². The lowest BCUT2D eigenvalue weighted by Gasteiger charge is -2.05. The van der Waals surface area contributed by atoms with Gasteiger partial charge in [-0.15, -0.1) is 0 Å². The van der Waals surface area contributed by atoms with Crippen LogP contribution in [-0.2, 0) is 0 Å². The van der Waals surface area contributed by atoms with Crippen molar-refractivity contribution in [2.45, 2.75) is 44.6 Å². The molecule has 1 nitrogen and oxygen atoms in total. The van der Waals surface area contributed by atoms with Gasteiger partial charge in [-0.2, -0.15) is 0 Å². The summed E-state index contributed by atoms with van der Waals surface area (Å²) in [4.78, 5) is 0. The monoisotopic (exact) mass is 140 g/mol. The van der Waals surface area contributed by atoms with Gasteiger partial charge in [0, 0.05) is 0 Å². The van der Waals surface area contributed by atoms with Gasteiger partial charge in [0.15, 0.2) is 0 Å². The molecule has 0 radical (unpaired) electrons. The fourth-order valence-corrected chi connectivity index (χ4v) is 1.31. The average molecular weight is 140 g/mol. The van der Waals surface area contributed by atoms with Crippen molar-refractivity contribution >= 4 is 0 Å². The molecule has 0 aromatic heterocycles. The summed E-state index contributed by atoms with van der Waals surface area (Å²) >= 11 is 0. The Morgan fingerprint density at radius 3 is 2.70 bits per heavy atom. The van der Waals surface area contributed by atoms with Crippen molar-refractivity contribution in [3.05, 3.63) is 12.2 Å². The Kier molecular flexibility index (Phi) is 3.52. The maximum atomic E-state index is 9.31. The molecule has 1 N–H and O–H groups in total. The Morgan fingerprint density at radius 2 is 1.80 bits per heavy atom. The van der Waals surface area contributed by atoms with Gasteiger partial charge in [-0.3, -0.25) is 0 Å². The molecule has 1 rings (SSSR count). The number of hydrogen-bond acceptors (Lipinski definition) is 1. The molecule has 0 saturated heterocycles. The second kappa shape index (κ2) is 4.51. The molecule has 10 heavy (non-hydrogen) atoms. The molecule has 0 aromatic rings. The third-order valence-electron chi connectivity index (χ3n) is 1.99. The molecular weight excluding hydrogens is 124 g/mol. The van der Waals surface area contributed by atoms with Crippen LogP contribution in [0.4, 0.5) is 0 Å². The smallest absolute Gasteiger partial charge is 0.0543 e. The molecule has 0 amide bonds. The van der Waals surface area contributed by atoms with E-state index in [1.165, 1.54) is 19.3 Å². The van der Waals surface area contributed by atoms with Crippen LogP contribution in [0.1, 0.15) is 38.5 Å². The van der Waals surface area contributed by atoms with E-state index >= 15 is 0 Å². The maximum Gasteiger partial charge on any atom is 0.0543 e. The molecule has 0 spiro atoms. The van der Waals surface area contributed by atoms with Crippen LogP contribution in [0.3, 0.4) is 0 Å². The molecule has 0 heterocycles. The molecular formula is C9H16O. The lowest BCUT2D eigenvalue weighted by molar-refractivity contribution is 0.153. The zero-order valence-corrected chi connectivity index (χ0v) is 6.42. The van der Waals surface area contributed by atoms with Crippen molar-refractivity contribution in [2.75, 3.05) is 0 Å². The van der Waals surface area contributed by atoms with Crippen LogP contribution in [0.5, 0.6) is 0 Å². The first-order chi connectivity index (χ1) is 4.89. The van der Waals surface area contributed by atoms with E-state index in [1.807, 2.05) is 0 Å². The summed E-state index contributed by atoms with van der Waals surface area (Å²) < 4.78 is 0. The summed E-state index contributed by atoms with van der Waals surface area (Å²) in [6.45, 7) is 0. The first-order valence-electron chi connectivity index (χ1n) is 4.22. The van der Waals surface area contributed by atoms with Crippen LogP contribution in [0, 0.1) is 0 Å². The Bertz CT molecular complexity index is 107. The van der Waals surface area contributed by atoms with Crippen LogP contribution >= 0.6 is 0 Å². The molecule has 1 aliphatic rings. The van der Waals surface area contributed by atoms with E-state index in [0.717, 1.165) is 19.3 Å². The van der Waals surface area contributed by atoms with Gasteiger partial charge in [0.05, 0.1) is 6.10 Å².